The zero-order valence-corrected chi connectivity index (χ0v) is 14.0. The van der Waals surface area contributed by atoms with Crippen molar-refractivity contribution in [2.75, 3.05) is 25.5 Å². The van der Waals surface area contributed by atoms with E-state index >= 15 is 0 Å². The number of nitrogens with one attached hydrogen (secondary N) is 1. The Kier molecular flexibility index (Phi) is 4.00. The van der Waals surface area contributed by atoms with Crippen molar-refractivity contribution in [3.8, 4) is 0 Å². The summed E-state index contributed by atoms with van der Waals surface area (Å²) in [5.41, 5.74) is 5.33. The van der Waals surface area contributed by atoms with E-state index in [-0.39, 0.29) is 6.04 Å². The predicted molar refractivity (Wildman–Crippen MR) is 90.5 cm³/mol. The average Bonchev–Trinajstić information content (AvgIpc) is 3.08. The van der Waals surface area contributed by atoms with Crippen LogP contribution in [0.5, 0.6) is 0 Å². The summed E-state index contributed by atoms with van der Waals surface area (Å²) in [6.07, 6.45) is 1.14. The first kappa shape index (κ1) is 14.5. The fourth-order valence-electron chi connectivity index (χ4n) is 2.90. The molecule has 2 aromatic rings. The second kappa shape index (κ2) is 5.78. The van der Waals surface area contributed by atoms with Crippen LogP contribution in [0.1, 0.15) is 47.6 Å². The first-order chi connectivity index (χ1) is 10.1. The molecular weight excluding hydrogens is 278 g/mol. The number of likely N-dealkylation sites (N-methyl/N-ethyl adjacent to an activating group) is 1. The third-order valence-corrected chi connectivity index (χ3v) is 5.16. The summed E-state index contributed by atoms with van der Waals surface area (Å²) in [6.45, 7) is 5.51. The molecule has 1 unspecified atom stereocenters. The largest absolute Gasteiger partial charge is 0.374 e. The van der Waals surface area contributed by atoms with Gasteiger partial charge < -0.3 is 10.2 Å². The lowest BCUT2D eigenvalue weighted by Crippen LogP contribution is -2.18. The molecule has 0 bridgehead atoms. The minimum absolute atomic E-state index is 0.193. The molecule has 1 atom stereocenters. The Bertz CT molecular complexity index is 633. The maximum Gasteiger partial charge on any atom is 0.114 e. The van der Waals surface area contributed by atoms with Crippen molar-refractivity contribution in [3.05, 3.63) is 45.4 Å². The average molecular weight is 301 g/mol. The van der Waals surface area contributed by atoms with Crippen molar-refractivity contribution < 1.29 is 0 Å². The van der Waals surface area contributed by atoms with Crippen molar-refractivity contribution in [2.45, 2.75) is 32.2 Å². The topological polar surface area (TPSA) is 28.2 Å². The van der Waals surface area contributed by atoms with Crippen molar-refractivity contribution >= 4 is 17.0 Å². The summed E-state index contributed by atoms with van der Waals surface area (Å²) in [5.74, 6) is 0.487. The van der Waals surface area contributed by atoms with Crippen LogP contribution in [-0.2, 0) is 6.42 Å². The van der Waals surface area contributed by atoms with Gasteiger partial charge in [0.25, 0.3) is 0 Å². The van der Waals surface area contributed by atoms with Gasteiger partial charge in [-0.1, -0.05) is 26.0 Å². The minimum atomic E-state index is 0.193. The molecule has 2 heterocycles. The third-order valence-electron chi connectivity index (χ3n) is 4.23. The van der Waals surface area contributed by atoms with Gasteiger partial charge in [0.05, 0.1) is 11.7 Å². The van der Waals surface area contributed by atoms with E-state index in [0.29, 0.717) is 5.92 Å². The smallest absolute Gasteiger partial charge is 0.114 e. The van der Waals surface area contributed by atoms with Crippen molar-refractivity contribution in [1.82, 2.24) is 10.3 Å². The van der Waals surface area contributed by atoms with Gasteiger partial charge in [-0.3, -0.25) is 0 Å². The fraction of sp³-hybridized carbons (Fsp3) is 0.471. The van der Waals surface area contributed by atoms with Gasteiger partial charge in [-0.2, -0.15) is 0 Å². The number of aromatic nitrogens is 1. The van der Waals surface area contributed by atoms with Crippen LogP contribution >= 0.6 is 11.3 Å². The lowest BCUT2D eigenvalue weighted by molar-refractivity contribution is 0.678. The van der Waals surface area contributed by atoms with Gasteiger partial charge in [-0.05, 0) is 36.6 Å². The molecule has 0 spiro atoms. The molecule has 0 amide bonds. The normalized spacial score (nSPS) is 15.6. The molecule has 1 aliphatic rings. The van der Waals surface area contributed by atoms with E-state index < -0.39 is 0 Å². The number of hydrogen-bond donors (Lipinski definition) is 1. The van der Waals surface area contributed by atoms with Crippen LogP contribution in [0.2, 0.25) is 0 Å². The quantitative estimate of drug-likeness (QED) is 0.936. The van der Waals surface area contributed by atoms with Gasteiger partial charge in [-0.25, -0.2) is 4.98 Å². The van der Waals surface area contributed by atoms with Gasteiger partial charge >= 0.3 is 0 Å². The molecule has 4 heteroatoms. The Morgan fingerprint density at radius 2 is 2.14 bits per heavy atom. The Hall–Kier alpha value is -1.39. The molecule has 1 N–H and O–H groups in total. The van der Waals surface area contributed by atoms with E-state index in [1.54, 1.807) is 11.3 Å². The molecule has 0 saturated carbocycles. The summed E-state index contributed by atoms with van der Waals surface area (Å²) >= 11 is 1.76. The van der Waals surface area contributed by atoms with E-state index in [1.807, 2.05) is 7.05 Å². The number of nitrogens with zero attached hydrogens (tertiary/aromatic N) is 2. The highest BCUT2D eigenvalue weighted by Crippen LogP contribution is 2.32. The first-order valence-electron chi connectivity index (χ1n) is 7.56. The Morgan fingerprint density at radius 3 is 2.81 bits per heavy atom. The summed E-state index contributed by atoms with van der Waals surface area (Å²) in [7, 11) is 4.18. The Morgan fingerprint density at radius 1 is 1.33 bits per heavy atom. The van der Waals surface area contributed by atoms with Crippen LogP contribution < -0.4 is 10.2 Å². The van der Waals surface area contributed by atoms with Crippen LogP contribution in [0, 0.1) is 0 Å². The van der Waals surface area contributed by atoms with E-state index in [1.165, 1.54) is 22.5 Å². The molecule has 3 rings (SSSR count). The van der Waals surface area contributed by atoms with Gasteiger partial charge in [0.2, 0.25) is 0 Å². The monoisotopic (exact) mass is 301 g/mol. The molecule has 0 aliphatic carbocycles. The molecule has 1 aromatic heterocycles. The summed E-state index contributed by atoms with van der Waals surface area (Å²) in [4.78, 5) is 7.14. The molecule has 1 aromatic carbocycles. The Labute approximate surface area is 131 Å². The predicted octanol–water partition coefficient (Wildman–Crippen LogP) is 3.57. The van der Waals surface area contributed by atoms with Crippen LogP contribution in [0.4, 0.5) is 5.69 Å². The highest BCUT2D eigenvalue weighted by molar-refractivity contribution is 7.09. The van der Waals surface area contributed by atoms with Gasteiger partial charge in [0.15, 0.2) is 0 Å². The highest BCUT2D eigenvalue weighted by atomic mass is 32.1. The lowest BCUT2D eigenvalue weighted by atomic mass is 10.0. The van der Waals surface area contributed by atoms with Crippen molar-refractivity contribution in [1.29, 1.82) is 0 Å². The molecule has 1 aliphatic heterocycles. The molecule has 3 nitrogen and oxygen atoms in total. The van der Waals surface area contributed by atoms with Crippen molar-refractivity contribution in [3.63, 3.8) is 0 Å². The zero-order valence-electron chi connectivity index (χ0n) is 13.2. The SMILES string of the molecule is CNC(c1ccc2c(c1)CCN2C)c1nc(C(C)C)cs1. The van der Waals surface area contributed by atoms with E-state index in [4.69, 9.17) is 4.98 Å². The number of anilines is 1. The summed E-state index contributed by atoms with van der Waals surface area (Å²) in [6, 6.07) is 7.02. The van der Waals surface area contributed by atoms with Crippen LogP contribution in [0.25, 0.3) is 0 Å². The van der Waals surface area contributed by atoms with E-state index in [9.17, 15) is 0 Å². The number of benzene rings is 1. The third kappa shape index (κ3) is 2.70. The molecule has 0 fully saturated rings. The second-order valence-corrected chi connectivity index (χ2v) is 6.94. The maximum absolute atomic E-state index is 4.81. The molecule has 112 valence electrons. The molecule has 0 radical (unpaired) electrons. The molecule has 0 saturated heterocycles. The number of hydrogen-bond acceptors (Lipinski definition) is 4. The Balaban J connectivity index is 1.92. The van der Waals surface area contributed by atoms with E-state index in [0.717, 1.165) is 18.0 Å². The summed E-state index contributed by atoms with van der Waals surface area (Å²) < 4.78 is 0. The lowest BCUT2D eigenvalue weighted by Gasteiger charge is -2.17. The van der Waals surface area contributed by atoms with Gasteiger partial charge in [0, 0.05) is 24.7 Å². The number of rotatable bonds is 4. The van der Waals surface area contributed by atoms with E-state index in [2.05, 4.69) is 54.7 Å². The van der Waals surface area contributed by atoms with Gasteiger partial charge in [0.1, 0.15) is 5.01 Å². The molecular formula is C17H23N3S. The second-order valence-electron chi connectivity index (χ2n) is 6.05. The molecule has 21 heavy (non-hydrogen) atoms. The van der Waals surface area contributed by atoms with Gasteiger partial charge in [-0.15, -0.1) is 11.3 Å². The zero-order chi connectivity index (χ0) is 15.0. The number of fused-ring (bicyclic) bond motifs is 1. The highest BCUT2D eigenvalue weighted by Gasteiger charge is 2.21. The fourth-order valence-corrected chi connectivity index (χ4v) is 4.01. The standard InChI is InChI=1S/C17H23N3S/c1-11(2)14-10-21-17(19-14)16(18-3)13-5-6-15-12(9-13)7-8-20(15)4/h5-6,9-11,16,18H,7-8H2,1-4H3. The van der Waals surface area contributed by atoms with Crippen LogP contribution in [-0.4, -0.2) is 25.6 Å². The number of thiazole rings is 1. The van der Waals surface area contributed by atoms with Crippen LogP contribution in [0.3, 0.4) is 0 Å². The van der Waals surface area contributed by atoms with Crippen molar-refractivity contribution in [2.24, 2.45) is 0 Å². The maximum atomic E-state index is 4.81. The first-order valence-corrected chi connectivity index (χ1v) is 8.44. The minimum Gasteiger partial charge on any atom is -0.374 e. The summed E-state index contributed by atoms with van der Waals surface area (Å²) in [5, 5.41) is 6.77. The van der Waals surface area contributed by atoms with Crippen LogP contribution in [0.15, 0.2) is 23.6 Å².